The van der Waals surface area contributed by atoms with Crippen LogP contribution in [0.2, 0.25) is 10.0 Å². The van der Waals surface area contributed by atoms with Crippen LogP contribution in [0.15, 0.2) is 72.8 Å². The van der Waals surface area contributed by atoms with Gasteiger partial charge in [0.15, 0.2) is 11.4 Å². The molecule has 0 fully saturated rings. The van der Waals surface area contributed by atoms with Gasteiger partial charge in [-0.2, -0.15) is 10.2 Å². The summed E-state index contributed by atoms with van der Waals surface area (Å²) >= 11 is 12.6. The van der Waals surface area contributed by atoms with Crippen molar-refractivity contribution in [3.63, 3.8) is 0 Å². The van der Waals surface area contributed by atoms with Crippen LogP contribution < -0.4 is 22.1 Å². The molecule has 4 aromatic carbocycles. The van der Waals surface area contributed by atoms with Crippen molar-refractivity contribution in [2.45, 2.75) is 92.1 Å². The molecule has 0 spiro atoms. The minimum Gasteiger partial charge on any atom is -0.364 e. The molecule has 6 rings (SSSR count). The van der Waals surface area contributed by atoms with Crippen LogP contribution in [0.4, 0.5) is 8.78 Å². The lowest BCUT2D eigenvalue weighted by Crippen LogP contribution is -2.47. The Morgan fingerprint density at radius 3 is 1.81 bits per heavy atom. The number of carbonyl (C=O) groups is 6. The minimum absolute atomic E-state index is 0.0223. The van der Waals surface area contributed by atoms with Crippen LogP contribution in [0.5, 0.6) is 0 Å². The average molecular weight is 988 g/mol. The summed E-state index contributed by atoms with van der Waals surface area (Å²) in [5, 5.41) is 14.4. The van der Waals surface area contributed by atoms with Crippen molar-refractivity contribution in [3.05, 3.63) is 117 Å². The van der Waals surface area contributed by atoms with Gasteiger partial charge in [-0.25, -0.2) is 8.78 Å². The highest BCUT2D eigenvalue weighted by atomic mass is 35.5. The predicted octanol–water partition coefficient (Wildman–Crippen LogP) is 6.75. The summed E-state index contributed by atoms with van der Waals surface area (Å²) in [6, 6.07) is 18.3. The van der Waals surface area contributed by atoms with Crippen molar-refractivity contribution >= 4 is 80.5 Å². The minimum atomic E-state index is -0.857. The summed E-state index contributed by atoms with van der Waals surface area (Å²) in [5.41, 5.74) is 12.9. The first kappa shape index (κ1) is 51.5. The molecule has 2 heterocycles. The molecule has 16 nitrogen and oxygen atoms in total. The van der Waals surface area contributed by atoms with Crippen LogP contribution >= 0.6 is 23.2 Å². The van der Waals surface area contributed by atoms with Crippen molar-refractivity contribution in [2.24, 2.45) is 17.4 Å². The number of carbonyl (C=O) groups excluding carboxylic acids is 6. The van der Waals surface area contributed by atoms with E-state index in [2.05, 4.69) is 20.8 Å². The number of hydrogen-bond donors (Lipinski definition) is 4. The van der Waals surface area contributed by atoms with Gasteiger partial charge in [0.1, 0.15) is 24.7 Å². The SMILES string of the molecule is CCCC(C)N(CC(=O)NCc1ccc(-c2ccc3c(C(N)=O)nn(CC(=O)N(CC(=O)NCc4cccc(Cl)c4F)C(C)CC(C)C)c3c2)c(Cl)c1F)C(=O)Cn1nc(C(N)=O)c2ccccc21. The van der Waals surface area contributed by atoms with Gasteiger partial charge < -0.3 is 31.9 Å². The molecule has 364 valence electrons. The van der Waals surface area contributed by atoms with Gasteiger partial charge in [0.2, 0.25) is 23.6 Å². The Morgan fingerprint density at radius 2 is 1.23 bits per heavy atom. The Kier molecular flexibility index (Phi) is 16.8. The van der Waals surface area contributed by atoms with Crippen LogP contribution in [-0.4, -0.2) is 90.0 Å². The molecule has 0 aliphatic heterocycles. The van der Waals surface area contributed by atoms with Gasteiger partial charge in [-0.1, -0.05) is 98.9 Å². The van der Waals surface area contributed by atoms with Crippen LogP contribution in [0, 0.1) is 17.6 Å². The zero-order chi connectivity index (χ0) is 50.3. The lowest BCUT2D eigenvalue weighted by atomic mass is 10.0. The van der Waals surface area contributed by atoms with E-state index in [1.807, 2.05) is 27.7 Å². The number of nitrogens with zero attached hydrogens (tertiary/aromatic N) is 6. The molecular weight excluding hydrogens is 934 g/mol. The number of fused-ring (bicyclic) bond motifs is 2. The molecule has 2 aromatic heterocycles. The van der Waals surface area contributed by atoms with Crippen molar-refractivity contribution in [1.82, 2.24) is 40.0 Å². The smallest absolute Gasteiger partial charge is 0.269 e. The van der Waals surface area contributed by atoms with E-state index in [4.69, 9.17) is 34.7 Å². The second-order valence-electron chi connectivity index (χ2n) is 17.3. The quantitative estimate of drug-likeness (QED) is 0.0603. The predicted molar refractivity (Wildman–Crippen MR) is 259 cm³/mol. The lowest BCUT2D eigenvalue weighted by Gasteiger charge is -2.30. The number of amides is 6. The molecular formula is C49H54Cl2F2N10O6. The van der Waals surface area contributed by atoms with Gasteiger partial charge in [-0.15, -0.1) is 0 Å². The molecule has 0 aliphatic rings. The van der Waals surface area contributed by atoms with Gasteiger partial charge in [-0.05, 0) is 62.4 Å². The highest BCUT2D eigenvalue weighted by Gasteiger charge is 2.28. The summed E-state index contributed by atoms with van der Waals surface area (Å²) < 4.78 is 33.3. The van der Waals surface area contributed by atoms with E-state index in [1.54, 1.807) is 61.5 Å². The molecule has 6 aromatic rings. The van der Waals surface area contributed by atoms with Gasteiger partial charge in [-0.3, -0.25) is 38.1 Å². The third-order valence-electron chi connectivity index (χ3n) is 11.8. The number of nitrogens with one attached hydrogen (secondary N) is 2. The van der Waals surface area contributed by atoms with Crippen molar-refractivity contribution < 1.29 is 37.5 Å². The molecule has 69 heavy (non-hydrogen) atoms. The van der Waals surface area contributed by atoms with E-state index in [-0.39, 0.29) is 82.8 Å². The molecule has 6 amide bonds. The number of aromatic nitrogens is 4. The van der Waals surface area contributed by atoms with Crippen molar-refractivity contribution in [3.8, 4) is 11.1 Å². The van der Waals surface area contributed by atoms with E-state index < -0.39 is 59.7 Å². The zero-order valence-corrected chi connectivity index (χ0v) is 40.3. The highest BCUT2D eigenvalue weighted by molar-refractivity contribution is 6.33. The Labute approximate surface area is 407 Å². The standard InChI is InChI=1S/C49H54Cl2F2N10O6/c1-6-10-28(4)60(41(66)25-62-37-14-8-7-12-34(37)46(58-62)48(54)68)23-39(64)57-22-32-16-17-33(43(51)45(32)53)30-15-18-35-38(20-30)63(59-47(35)49(55)69)26-42(67)61(29(5)19-27(2)3)24-40(65)56-21-31-11-9-13-36(50)44(31)52/h7-9,11-18,20,27-29H,6,10,19,21-26H2,1-5H3,(H2,54,68)(H2,55,69)(H,56,65)(H,57,64). The second-order valence-corrected chi connectivity index (χ2v) is 18.1. The first-order valence-electron chi connectivity index (χ1n) is 22.4. The normalized spacial score (nSPS) is 12.3. The van der Waals surface area contributed by atoms with Crippen LogP contribution in [0.3, 0.4) is 0 Å². The molecule has 2 atom stereocenters. The fourth-order valence-electron chi connectivity index (χ4n) is 8.32. The van der Waals surface area contributed by atoms with Crippen molar-refractivity contribution in [1.29, 1.82) is 0 Å². The van der Waals surface area contributed by atoms with Crippen LogP contribution in [0.25, 0.3) is 32.9 Å². The summed E-state index contributed by atoms with van der Waals surface area (Å²) in [7, 11) is 0. The number of nitrogens with two attached hydrogens (primary N) is 2. The van der Waals surface area contributed by atoms with Gasteiger partial charge in [0, 0.05) is 52.6 Å². The summed E-state index contributed by atoms with van der Waals surface area (Å²) in [6.45, 7) is 7.73. The largest absolute Gasteiger partial charge is 0.364 e. The molecule has 0 radical (unpaired) electrons. The number of halogens is 4. The summed E-state index contributed by atoms with van der Waals surface area (Å²) in [4.78, 5) is 81.9. The second kappa shape index (κ2) is 22.5. The number of hydrogen-bond acceptors (Lipinski definition) is 8. The number of rotatable bonds is 21. The monoisotopic (exact) mass is 986 g/mol. The number of benzene rings is 4. The fraction of sp³-hybridized carbons (Fsp3) is 0.347. The molecule has 0 aliphatic carbocycles. The lowest BCUT2D eigenvalue weighted by molar-refractivity contribution is -0.139. The topological polar surface area (TPSA) is 221 Å². The molecule has 0 saturated heterocycles. The molecule has 6 N–H and O–H groups in total. The zero-order valence-electron chi connectivity index (χ0n) is 38.8. The van der Waals surface area contributed by atoms with E-state index in [1.165, 1.54) is 37.4 Å². The van der Waals surface area contributed by atoms with Crippen LogP contribution in [-0.2, 0) is 45.4 Å². The van der Waals surface area contributed by atoms with E-state index in [0.717, 1.165) is 6.42 Å². The summed E-state index contributed by atoms with van der Waals surface area (Å²) in [6.07, 6.45) is 1.87. The van der Waals surface area contributed by atoms with E-state index in [0.29, 0.717) is 40.2 Å². The van der Waals surface area contributed by atoms with Gasteiger partial charge in [0.25, 0.3) is 11.8 Å². The summed E-state index contributed by atoms with van der Waals surface area (Å²) in [5.74, 6) is -4.95. The Morgan fingerprint density at radius 1 is 0.681 bits per heavy atom. The Bertz CT molecular complexity index is 2940. The maximum atomic E-state index is 16.1. The van der Waals surface area contributed by atoms with E-state index >= 15 is 4.39 Å². The van der Waals surface area contributed by atoms with Crippen molar-refractivity contribution in [2.75, 3.05) is 13.1 Å². The van der Waals surface area contributed by atoms with Crippen LogP contribution in [0.1, 0.15) is 86.0 Å². The molecule has 2 unspecified atom stereocenters. The number of para-hydroxylation sites is 1. The molecule has 0 saturated carbocycles. The fourth-order valence-corrected chi connectivity index (χ4v) is 8.80. The Hall–Kier alpha value is -6.92. The highest BCUT2D eigenvalue weighted by Crippen LogP contribution is 2.34. The average Bonchev–Trinajstić information content (AvgIpc) is 3.86. The van der Waals surface area contributed by atoms with E-state index in [9.17, 15) is 33.2 Å². The maximum Gasteiger partial charge on any atom is 0.269 e. The third-order valence-corrected chi connectivity index (χ3v) is 12.4. The molecule has 0 bridgehead atoms. The molecule has 20 heteroatoms. The maximum absolute atomic E-state index is 16.1. The first-order valence-corrected chi connectivity index (χ1v) is 23.1. The Balaban J connectivity index is 1.18. The van der Waals surface area contributed by atoms with Gasteiger partial charge in [0.05, 0.1) is 34.2 Å². The van der Waals surface area contributed by atoms with Gasteiger partial charge >= 0.3 is 0 Å². The third kappa shape index (κ3) is 12.0. The number of primary amides is 2. The first-order chi connectivity index (χ1) is 32.8.